The number of aliphatic hydroxyl groups excluding tert-OH is 1. The Morgan fingerprint density at radius 3 is 1.15 bits per heavy atom. The molecule has 460 valence electrons. The Balaban J connectivity index is 4.26. The molecular formula is C71H126N2O6P+. The highest BCUT2D eigenvalue weighted by Crippen LogP contribution is 2.43. The number of rotatable bonds is 59. The zero-order valence-electron chi connectivity index (χ0n) is 52.5. The molecule has 9 heteroatoms. The second-order valence-corrected chi connectivity index (χ2v) is 24.5. The van der Waals surface area contributed by atoms with Crippen molar-refractivity contribution in [3.05, 3.63) is 122 Å². The van der Waals surface area contributed by atoms with Crippen molar-refractivity contribution in [2.24, 2.45) is 0 Å². The first kappa shape index (κ1) is 76.9. The van der Waals surface area contributed by atoms with Crippen LogP contribution in [0, 0.1) is 0 Å². The van der Waals surface area contributed by atoms with Gasteiger partial charge >= 0.3 is 7.82 Å². The van der Waals surface area contributed by atoms with E-state index in [1.807, 2.05) is 27.2 Å². The Morgan fingerprint density at radius 2 is 0.762 bits per heavy atom. The van der Waals surface area contributed by atoms with Crippen LogP contribution < -0.4 is 5.32 Å². The quantitative estimate of drug-likeness (QED) is 0.0243. The third kappa shape index (κ3) is 62.5. The van der Waals surface area contributed by atoms with Crippen molar-refractivity contribution in [1.29, 1.82) is 0 Å². The Morgan fingerprint density at radius 1 is 0.438 bits per heavy atom. The highest BCUT2D eigenvalue weighted by Gasteiger charge is 2.27. The average molecular weight is 1130 g/mol. The van der Waals surface area contributed by atoms with E-state index in [-0.39, 0.29) is 19.1 Å². The van der Waals surface area contributed by atoms with Crippen LogP contribution >= 0.6 is 7.82 Å². The molecule has 3 unspecified atom stereocenters. The van der Waals surface area contributed by atoms with Gasteiger partial charge in [-0.25, -0.2) is 4.57 Å². The number of phosphoric acid groups is 1. The van der Waals surface area contributed by atoms with E-state index in [1.54, 1.807) is 6.08 Å². The Kier molecular flexibility index (Phi) is 58.1. The van der Waals surface area contributed by atoms with Gasteiger partial charge in [-0.3, -0.25) is 13.8 Å². The van der Waals surface area contributed by atoms with E-state index in [0.29, 0.717) is 17.4 Å². The van der Waals surface area contributed by atoms with E-state index >= 15 is 0 Å². The number of carbonyl (C=O) groups excluding carboxylic acids is 1. The molecule has 3 N–H and O–H groups in total. The van der Waals surface area contributed by atoms with Gasteiger partial charge in [-0.15, -0.1) is 0 Å². The molecule has 0 radical (unpaired) electrons. The first-order valence-electron chi connectivity index (χ1n) is 32.9. The van der Waals surface area contributed by atoms with Crippen molar-refractivity contribution in [3.63, 3.8) is 0 Å². The van der Waals surface area contributed by atoms with E-state index in [2.05, 4.69) is 129 Å². The molecule has 80 heavy (non-hydrogen) atoms. The Bertz CT molecular complexity index is 1720. The molecule has 0 spiro atoms. The molecule has 0 aliphatic carbocycles. The minimum absolute atomic E-state index is 0.0446. The summed E-state index contributed by atoms with van der Waals surface area (Å²) >= 11 is 0. The number of aliphatic hydroxyl groups is 1. The lowest BCUT2D eigenvalue weighted by molar-refractivity contribution is -0.870. The number of nitrogens with zero attached hydrogens (tertiary/aromatic N) is 1. The van der Waals surface area contributed by atoms with Crippen LogP contribution in [-0.2, 0) is 18.4 Å². The number of unbranched alkanes of at least 4 members (excludes halogenated alkanes) is 28. The summed E-state index contributed by atoms with van der Waals surface area (Å²) in [5.41, 5.74) is 0. The van der Waals surface area contributed by atoms with Gasteiger partial charge < -0.3 is 19.8 Å². The second kappa shape index (κ2) is 60.5. The number of phosphoric ester groups is 1. The lowest BCUT2D eigenvalue weighted by Gasteiger charge is -2.25. The van der Waals surface area contributed by atoms with Gasteiger partial charge in [-0.1, -0.05) is 283 Å². The molecule has 0 saturated heterocycles. The normalized spacial score (nSPS) is 14.5. The smallest absolute Gasteiger partial charge is 0.387 e. The van der Waals surface area contributed by atoms with Gasteiger partial charge in [0.2, 0.25) is 5.91 Å². The summed E-state index contributed by atoms with van der Waals surface area (Å²) in [4.78, 5) is 23.4. The predicted octanol–water partition coefficient (Wildman–Crippen LogP) is 20.9. The van der Waals surface area contributed by atoms with Crippen molar-refractivity contribution < 1.29 is 32.9 Å². The summed E-state index contributed by atoms with van der Waals surface area (Å²) in [7, 11) is 1.52. The lowest BCUT2D eigenvalue weighted by Crippen LogP contribution is -2.45. The van der Waals surface area contributed by atoms with E-state index in [1.165, 1.54) is 148 Å². The first-order valence-corrected chi connectivity index (χ1v) is 34.4. The number of allylic oxidation sites excluding steroid dienone is 19. The van der Waals surface area contributed by atoms with E-state index < -0.39 is 20.0 Å². The minimum atomic E-state index is -4.38. The number of likely N-dealkylation sites (N-methyl/N-ethyl adjacent to an activating group) is 1. The number of nitrogens with one attached hydrogen (secondary N) is 1. The van der Waals surface area contributed by atoms with Crippen molar-refractivity contribution in [3.8, 4) is 0 Å². The zero-order chi connectivity index (χ0) is 58.4. The molecule has 0 rings (SSSR count). The molecule has 1 amide bonds. The SMILES string of the molecule is CC/C=C\C/C=C\C/C=C\C/C=C\C/C=C\C/C=C\C/C=C\CCCCCCCCCC(=O)NC(COP(=O)(O)OCC[N+](C)(C)C)C(O)/C=C/CC/C=C/CC/C=C/CCCCCCCCCCCCCCCCCCCCC. The Labute approximate surface area is 494 Å². The third-order valence-electron chi connectivity index (χ3n) is 14.1. The highest BCUT2D eigenvalue weighted by atomic mass is 31.2. The topological polar surface area (TPSA) is 105 Å². The summed E-state index contributed by atoms with van der Waals surface area (Å²) in [6.45, 7) is 4.67. The van der Waals surface area contributed by atoms with Crippen LogP contribution in [0.3, 0.4) is 0 Å². The zero-order valence-corrected chi connectivity index (χ0v) is 53.4. The maximum absolute atomic E-state index is 13.0. The summed E-state index contributed by atoms with van der Waals surface area (Å²) < 4.78 is 23.7. The summed E-state index contributed by atoms with van der Waals surface area (Å²) in [5.74, 6) is -0.205. The fourth-order valence-electron chi connectivity index (χ4n) is 9.06. The molecular weight excluding hydrogens is 1010 g/mol. The highest BCUT2D eigenvalue weighted by molar-refractivity contribution is 7.47. The van der Waals surface area contributed by atoms with Crippen molar-refractivity contribution >= 4 is 13.7 Å². The molecule has 0 aliphatic rings. The maximum Gasteiger partial charge on any atom is 0.472 e. The molecule has 3 atom stereocenters. The molecule has 0 fully saturated rings. The summed E-state index contributed by atoms with van der Waals surface area (Å²) in [6, 6.07) is -0.887. The van der Waals surface area contributed by atoms with Crippen molar-refractivity contribution in [1.82, 2.24) is 5.32 Å². The van der Waals surface area contributed by atoms with E-state index in [0.717, 1.165) is 103 Å². The summed E-state index contributed by atoms with van der Waals surface area (Å²) in [6.07, 6.45) is 90.5. The Hall–Kier alpha value is -3.10. The van der Waals surface area contributed by atoms with Crippen molar-refractivity contribution in [2.45, 2.75) is 283 Å². The van der Waals surface area contributed by atoms with Crippen LogP contribution in [0.15, 0.2) is 122 Å². The molecule has 0 saturated carbocycles. The van der Waals surface area contributed by atoms with Crippen molar-refractivity contribution in [2.75, 3.05) is 40.9 Å². The van der Waals surface area contributed by atoms with Crippen LogP contribution in [0.4, 0.5) is 0 Å². The van der Waals surface area contributed by atoms with Gasteiger partial charge in [0.05, 0.1) is 39.9 Å². The maximum atomic E-state index is 13.0. The monoisotopic (exact) mass is 1130 g/mol. The molecule has 8 nitrogen and oxygen atoms in total. The fraction of sp³-hybridized carbons (Fsp3) is 0.704. The third-order valence-corrected chi connectivity index (χ3v) is 15.1. The molecule has 0 bridgehead atoms. The molecule has 0 aromatic rings. The molecule has 0 aliphatic heterocycles. The molecule has 0 aromatic carbocycles. The van der Waals surface area contributed by atoms with Gasteiger partial charge in [-0.05, 0) is 103 Å². The average Bonchev–Trinajstić information content (AvgIpc) is 3.42. The van der Waals surface area contributed by atoms with Gasteiger partial charge in [-0.2, -0.15) is 0 Å². The van der Waals surface area contributed by atoms with Gasteiger partial charge in [0.15, 0.2) is 0 Å². The van der Waals surface area contributed by atoms with Gasteiger partial charge in [0, 0.05) is 6.42 Å². The minimum Gasteiger partial charge on any atom is -0.387 e. The lowest BCUT2D eigenvalue weighted by atomic mass is 10.0. The number of quaternary nitrogens is 1. The molecule has 0 aromatic heterocycles. The number of carbonyl (C=O) groups is 1. The van der Waals surface area contributed by atoms with Gasteiger partial charge in [0.1, 0.15) is 13.2 Å². The van der Waals surface area contributed by atoms with E-state index in [4.69, 9.17) is 9.05 Å². The molecule has 0 heterocycles. The standard InChI is InChI=1S/C71H125N2O6P/c1-6-8-10-12-14-16-18-20-22-24-26-28-30-32-34-36-38-40-42-44-46-48-50-52-54-56-58-60-62-64-70(74)69(68-79-80(76,77)78-67-66-73(3,4)5)72-71(75)65-63-61-59-57-55-53-51-49-47-45-43-41-39-37-35-33-31-29-27-25-23-21-19-17-15-13-11-9-7-2/h9,11,15,17,21,23,27,29,33,35,39,41,45-48,54,56,62,64,69-70,74H,6-8,10,12-14,16,18-20,22,24-26,28,30-32,34,36-38,40,42-44,49-53,55,57-61,63,65-68H2,1-5H3,(H-,72,75,76,77)/p+1/b11-9-,17-15-,23-21-,29-27-,35-33-,41-39-,47-45-,48-46+,56-54+,64-62+. The number of hydrogen-bond donors (Lipinski definition) is 3. The fourth-order valence-corrected chi connectivity index (χ4v) is 9.79. The predicted molar refractivity (Wildman–Crippen MR) is 350 cm³/mol. The van der Waals surface area contributed by atoms with Gasteiger partial charge in [0.25, 0.3) is 0 Å². The second-order valence-electron chi connectivity index (χ2n) is 23.1. The summed E-state index contributed by atoms with van der Waals surface area (Å²) in [5, 5.41) is 14.0. The van der Waals surface area contributed by atoms with Crippen LogP contribution in [0.5, 0.6) is 0 Å². The van der Waals surface area contributed by atoms with Crippen LogP contribution in [0.1, 0.15) is 271 Å². The number of amides is 1. The van der Waals surface area contributed by atoms with Crippen LogP contribution in [0.2, 0.25) is 0 Å². The number of hydrogen-bond acceptors (Lipinski definition) is 5. The largest absolute Gasteiger partial charge is 0.472 e. The van der Waals surface area contributed by atoms with Crippen LogP contribution in [-0.4, -0.2) is 73.4 Å². The van der Waals surface area contributed by atoms with Crippen LogP contribution in [0.25, 0.3) is 0 Å². The van der Waals surface area contributed by atoms with E-state index in [9.17, 15) is 19.4 Å². The first-order chi connectivity index (χ1) is 39.0.